The summed E-state index contributed by atoms with van der Waals surface area (Å²) in [5.74, 6) is -2.12. The Kier molecular flexibility index (Phi) is 6.68. The third-order valence-electron chi connectivity index (χ3n) is 5.35. The fraction of sp³-hybridized carbons (Fsp3) is 0.174. The maximum absolute atomic E-state index is 13.4. The van der Waals surface area contributed by atoms with Gasteiger partial charge in [0.2, 0.25) is 17.7 Å². The number of methoxy groups -OCH3 is 1. The molecule has 0 saturated heterocycles. The van der Waals surface area contributed by atoms with Crippen molar-refractivity contribution in [3.8, 4) is 17.0 Å². The van der Waals surface area contributed by atoms with Crippen LogP contribution in [0.5, 0.6) is 5.88 Å². The highest BCUT2D eigenvalue weighted by atomic mass is 19.4. The summed E-state index contributed by atoms with van der Waals surface area (Å²) in [5.41, 5.74) is 8.66. The van der Waals surface area contributed by atoms with Gasteiger partial charge in [-0.3, -0.25) is 9.80 Å². The van der Waals surface area contributed by atoms with Gasteiger partial charge in [0, 0.05) is 40.5 Å². The normalized spacial score (nSPS) is 15.3. The van der Waals surface area contributed by atoms with Crippen molar-refractivity contribution in [1.29, 1.82) is 0 Å². The van der Waals surface area contributed by atoms with Crippen LogP contribution in [0.1, 0.15) is 27.6 Å². The molecule has 1 amide bonds. The third kappa shape index (κ3) is 5.28. The van der Waals surface area contributed by atoms with Gasteiger partial charge in [-0.25, -0.2) is 20.2 Å². The van der Waals surface area contributed by atoms with Crippen LogP contribution in [0.25, 0.3) is 11.1 Å². The van der Waals surface area contributed by atoms with Crippen LogP contribution in [-0.2, 0) is 0 Å². The fourth-order valence-corrected chi connectivity index (χ4v) is 3.59. The average molecular weight is 515 g/mol. The molecule has 5 N–H and O–H groups in total. The van der Waals surface area contributed by atoms with Crippen molar-refractivity contribution in [2.75, 3.05) is 17.4 Å². The van der Waals surface area contributed by atoms with Crippen molar-refractivity contribution in [1.82, 2.24) is 20.4 Å². The van der Waals surface area contributed by atoms with Crippen LogP contribution in [0.2, 0.25) is 0 Å². The number of ether oxygens (including phenoxy) is 1. The third-order valence-corrected chi connectivity index (χ3v) is 5.35. The van der Waals surface area contributed by atoms with Crippen LogP contribution in [0.4, 0.5) is 30.6 Å². The molecule has 0 fully saturated rings. The molecule has 14 heteroatoms. The number of alkyl halides is 3. The lowest BCUT2D eigenvalue weighted by Gasteiger charge is -2.25. The number of pyridine rings is 1. The zero-order valence-electron chi connectivity index (χ0n) is 19.4. The number of carboxylic acid groups (broad SMARTS) is 1. The number of nitrogens with two attached hydrogens (primary N) is 1. The molecule has 4 rings (SSSR count). The number of aromatic nitrogens is 3. The summed E-state index contributed by atoms with van der Waals surface area (Å²) in [6, 6.07) is 5.47. The van der Waals surface area contributed by atoms with Gasteiger partial charge in [0.05, 0.1) is 7.11 Å². The number of carboxylic acids is 1. The summed E-state index contributed by atoms with van der Waals surface area (Å²) in [7, 11) is 1.26. The van der Waals surface area contributed by atoms with E-state index in [0.29, 0.717) is 5.69 Å². The Morgan fingerprint density at radius 3 is 2.59 bits per heavy atom. The van der Waals surface area contributed by atoms with E-state index in [-0.39, 0.29) is 45.6 Å². The summed E-state index contributed by atoms with van der Waals surface area (Å²) >= 11 is 0. The Hall–Kier alpha value is -4.72. The van der Waals surface area contributed by atoms with Crippen molar-refractivity contribution < 1.29 is 32.6 Å². The topological polar surface area (TPSA) is 156 Å². The number of carbonyl (C=O) groups excluding carboxylic acids is 1. The zero-order chi connectivity index (χ0) is 26.9. The van der Waals surface area contributed by atoms with Gasteiger partial charge in [-0.1, -0.05) is 6.07 Å². The van der Waals surface area contributed by atoms with Crippen LogP contribution in [0.3, 0.4) is 0 Å². The Bertz CT molecular complexity index is 1410. The van der Waals surface area contributed by atoms with Crippen molar-refractivity contribution >= 4 is 29.3 Å². The standard InChI is InChI=1S/C23H20F3N7O4/c1-11-6-17(23(24,25)26)32-33(11)19-16(13-8-15(21(35)36)20(37-2)28-9-13)10-29-22(31-19)30-14-5-3-4-12(7-14)18(27)34/h3-10,17,32H,1-2H3,(H2,27,34)(H,35,36)(H,29,30,31). The smallest absolute Gasteiger partial charge is 0.409 e. The van der Waals surface area contributed by atoms with Crippen LogP contribution < -0.4 is 26.2 Å². The molecular formula is C23H20F3N7O4. The minimum Gasteiger partial charge on any atom is -0.480 e. The Labute approximate surface area is 207 Å². The number of carbonyl (C=O) groups is 2. The second-order valence-electron chi connectivity index (χ2n) is 7.88. The second-order valence-corrected chi connectivity index (χ2v) is 7.88. The second kappa shape index (κ2) is 9.73. The SMILES string of the molecule is COc1ncc(-c2cnc(Nc3cccc(C(N)=O)c3)nc2N2NC(C(F)(F)F)C=C2C)cc1C(=O)O. The number of benzene rings is 1. The number of hydrogen-bond acceptors (Lipinski definition) is 9. The first-order valence-electron chi connectivity index (χ1n) is 10.6. The first-order chi connectivity index (χ1) is 17.5. The number of hydrazine groups is 1. The number of nitrogens with zero attached hydrogens (tertiary/aromatic N) is 4. The number of primary amides is 1. The van der Waals surface area contributed by atoms with Crippen molar-refractivity contribution in [3.05, 3.63) is 65.6 Å². The summed E-state index contributed by atoms with van der Waals surface area (Å²) in [6.45, 7) is 1.46. The van der Waals surface area contributed by atoms with Crippen molar-refractivity contribution in [2.24, 2.45) is 5.73 Å². The van der Waals surface area contributed by atoms with Gasteiger partial charge in [-0.15, -0.1) is 0 Å². The molecule has 3 aromatic rings. The average Bonchev–Trinajstić information content (AvgIpc) is 3.26. The maximum Gasteiger partial charge on any atom is 0.409 e. The molecule has 0 radical (unpaired) electrons. The predicted octanol–water partition coefficient (Wildman–Crippen LogP) is 3.25. The molecule has 1 aliphatic rings. The van der Waals surface area contributed by atoms with Gasteiger partial charge in [-0.2, -0.15) is 18.2 Å². The molecule has 0 bridgehead atoms. The highest BCUT2D eigenvalue weighted by molar-refractivity contribution is 5.94. The predicted molar refractivity (Wildman–Crippen MR) is 126 cm³/mol. The highest BCUT2D eigenvalue weighted by Crippen LogP contribution is 2.36. The first kappa shape index (κ1) is 25.4. The van der Waals surface area contributed by atoms with E-state index in [1.807, 2.05) is 0 Å². The number of rotatable bonds is 7. The minimum atomic E-state index is -4.57. The first-order valence-corrected chi connectivity index (χ1v) is 10.6. The molecule has 1 unspecified atom stereocenters. The van der Waals surface area contributed by atoms with Crippen molar-refractivity contribution in [2.45, 2.75) is 19.1 Å². The van der Waals surface area contributed by atoms with Gasteiger partial charge in [-0.05, 0) is 37.3 Å². The number of allylic oxidation sites excluding steroid dienone is 1. The van der Waals surface area contributed by atoms with Crippen LogP contribution in [-0.4, -0.2) is 51.3 Å². The summed E-state index contributed by atoms with van der Waals surface area (Å²) in [4.78, 5) is 35.8. The largest absolute Gasteiger partial charge is 0.480 e. The van der Waals surface area contributed by atoms with E-state index in [1.165, 1.54) is 44.6 Å². The lowest BCUT2D eigenvalue weighted by atomic mass is 10.1. The van der Waals surface area contributed by atoms with Gasteiger partial charge >= 0.3 is 12.1 Å². The summed E-state index contributed by atoms with van der Waals surface area (Å²) in [6.07, 6.45) is -0.969. The summed E-state index contributed by atoms with van der Waals surface area (Å²) < 4.78 is 45.3. The van der Waals surface area contributed by atoms with Gasteiger partial charge < -0.3 is 20.9 Å². The van der Waals surface area contributed by atoms with Gasteiger partial charge in [0.25, 0.3) is 0 Å². The monoisotopic (exact) mass is 515 g/mol. The quantitative estimate of drug-likeness (QED) is 0.368. The lowest BCUT2D eigenvalue weighted by molar-refractivity contribution is -0.142. The zero-order valence-corrected chi connectivity index (χ0v) is 19.4. The van der Waals surface area contributed by atoms with E-state index in [0.717, 1.165) is 11.1 Å². The molecule has 37 heavy (non-hydrogen) atoms. The van der Waals surface area contributed by atoms with Crippen LogP contribution >= 0.6 is 0 Å². The number of anilines is 3. The number of aromatic carboxylic acids is 1. The molecule has 1 atom stereocenters. The minimum absolute atomic E-state index is 0.00707. The van der Waals surface area contributed by atoms with E-state index < -0.39 is 24.1 Å². The van der Waals surface area contributed by atoms with E-state index >= 15 is 0 Å². The molecule has 0 aliphatic carbocycles. The molecule has 3 heterocycles. The number of amides is 1. The maximum atomic E-state index is 13.4. The Balaban J connectivity index is 1.81. The van der Waals surface area contributed by atoms with E-state index in [9.17, 15) is 27.9 Å². The molecule has 0 spiro atoms. The van der Waals surface area contributed by atoms with E-state index in [4.69, 9.17) is 10.5 Å². The molecule has 192 valence electrons. The van der Waals surface area contributed by atoms with E-state index in [1.54, 1.807) is 12.1 Å². The Morgan fingerprint density at radius 2 is 1.97 bits per heavy atom. The van der Waals surface area contributed by atoms with Gasteiger partial charge in [0.1, 0.15) is 11.6 Å². The molecular weight excluding hydrogens is 495 g/mol. The lowest BCUT2D eigenvalue weighted by Crippen LogP contribution is -2.45. The Morgan fingerprint density at radius 1 is 1.22 bits per heavy atom. The van der Waals surface area contributed by atoms with Crippen LogP contribution in [0, 0.1) is 0 Å². The highest BCUT2D eigenvalue weighted by Gasteiger charge is 2.43. The molecule has 2 aromatic heterocycles. The van der Waals surface area contributed by atoms with E-state index in [2.05, 4.69) is 25.7 Å². The number of halogens is 3. The van der Waals surface area contributed by atoms with Gasteiger partial charge in [0.15, 0.2) is 5.82 Å². The number of hydrogen-bond donors (Lipinski definition) is 4. The molecule has 0 saturated carbocycles. The van der Waals surface area contributed by atoms with Crippen LogP contribution in [0.15, 0.2) is 54.5 Å². The summed E-state index contributed by atoms with van der Waals surface area (Å²) in [5, 5.41) is 13.6. The molecule has 11 nitrogen and oxygen atoms in total. The van der Waals surface area contributed by atoms with Crippen molar-refractivity contribution in [3.63, 3.8) is 0 Å². The molecule has 1 aliphatic heterocycles. The molecule has 1 aromatic carbocycles. The fourth-order valence-electron chi connectivity index (χ4n) is 3.59. The number of nitrogens with one attached hydrogen (secondary N) is 2.